The van der Waals surface area contributed by atoms with Gasteiger partial charge >= 0.3 is 0 Å². The van der Waals surface area contributed by atoms with E-state index in [-0.39, 0.29) is 0 Å². The highest BCUT2D eigenvalue weighted by Crippen LogP contribution is 2.30. The maximum Gasteiger partial charge on any atom is 0.198 e. The van der Waals surface area contributed by atoms with Gasteiger partial charge in [0.15, 0.2) is 11.5 Å². The number of rotatable bonds is 3. The molecule has 2 aliphatic rings. The molecule has 1 aromatic heterocycles. The molecule has 0 amide bonds. The van der Waals surface area contributed by atoms with Crippen LogP contribution in [0.15, 0.2) is 34.4 Å². The first-order chi connectivity index (χ1) is 11.3. The predicted molar refractivity (Wildman–Crippen MR) is 87.8 cm³/mol. The highest BCUT2D eigenvalue weighted by molar-refractivity contribution is 5.72. The van der Waals surface area contributed by atoms with Crippen LogP contribution >= 0.6 is 0 Å². The van der Waals surface area contributed by atoms with Crippen LogP contribution in [0.3, 0.4) is 0 Å². The molecule has 2 aromatic rings. The van der Waals surface area contributed by atoms with Gasteiger partial charge in [-0.2, -0.15) is 0 Å². The molecule has 1 N–H and O–H groups in total. The van der Waals surface area contributed by atoms with Crippen molar-refractivity contribution in [2.75, 3.05) is 19.6 Å². The van der Waals surface area contributed by atoms with Crippen molar-refractivity contribution in [1.29, 1.82) is 0 Å². The molecule has 2 aliphatic heterocycles. The summed E-state index contributed by atoms with van der Waals surface area (Å²) in [6.45, 7) is 3.12. The molecule has 5 nitrogen and oxygen atoms in total. The van der Waals surface area contributed by atoms with Crippen LogP contribution in [0.4, 0.5) is 0 Å². The number of benzene rings is 1. The number of likely N-dealkylation sites (tertiary alicyclic amines) is 1. The molecule has 23 heavy (non-hydrogen) atoms. The third-order valence-corrected chi connectivity index (χ3v) is 4.97. The zero-order chi connectivity index (χ0) is 15.6. The van der Waals surface area contributed by atoms with Crippen molar-refractivity contribution >= 4 is 17.0 Å². The standard InChI is InChI=1S/C18H21N3O2/c22-12-15-6-5-14(19-15)11-21-9-7-13(8-10-21)18-20-16-3-1-2-4-17(16)23-18/h1-4,13-14,19H,5-11H2/t14-/m0/s1. The summed E-state index contributed by atoms with van der Waals surface area (Å²) >= 11 is 0. The molecule has 120 valence electrons. The summed E-state index contributed by atoms with van der Waals surface area (Å²) in [7, 11) is 0. The van der Waals surface area contributed by atoms with Gasteiger partial charge in [-0.05, 0) is 44.5 Å². The Kier molecular flexibility index (Phi) is 3.90. The normalized spacial score (nSPS) is 23.1. The van der Waals surface area contributed by atoms with Crippen LogP contribution in [0.25, 0.3) is 11.1 Å². The number of allylic oxidation sites excluding steroid dienone is 1. The van der Waals surface area contributed by atoms with Crippen molar-refractivity contribution in [2.45, 2.75) is 37.6 Å². The summed E-state index contributed by atoms with van der Waals surface area (Å²) in [5, 5.41) is 3.27. The van der Waals surface area contributed by atoms with E-state index >= 15 is 0 Å². The van der Waals surface area contributed by atoms with Gasteiger partial charge in [0, 0.05) is 24.9 Å². The van der Waals surface area contributed by atoms with Crippen LogP contribution in [-0.2, 0) is 4.79 Å². The van der Waals surface area contributed by atoms with Crippen LogP contribution in [0.5, 0.6) is 0 Å². The first-order valence-corrected chi connectivity index (χ1v) is 8.40. The van der Waals surface area contributed by atoms with Crippen LogP contribution in [0.1, 0.15) is 37.5 Å². The molecule has 0 aliphatic carbocycles. The zero-order valence-corrected chi connectivity index (χ0v) is 13.1. The van der Waals surface area contributed by atoms with Gasteiger partial charge in [0.1, 0.15) is 11.5 Å². The van der Waals surface area contributed by atoms with E-state index in [4.69, 9.17) is 4.42 Å². The van der Waals surface area contributed by atoms with Crippen LogP contribution in [0.2, 0.25) is 0 Å². The summed E-state index contributed by atoms with van der Waals surface area (Å²) in [6, 6.07) is 8.35. The van der Waals surface area contributed by atoms with E-state index in [1.165, 1.54) is 0 Å². The molecular formula is C18H21N3O2. The molecular weight excluding hydrogens is 290 g/mol. The van der Waals surface area contributed by atoms with Gasteiger partial charge in [-0.3, -0.25) is 0 Å². The molecule has 1 aromatic carbocycles. The van der Waals surface area contributed by atoms with E-state index in [1.54, 1.807) is 0 Å². The van der Waals surface area contributed by atoms with Crippen molar-refractivity contribution in [3.8, 4) is 0 Å². The Morgan fingerprint density at radius 3 is 2.83 bits per heavy atom. The molecule has 0 unspecified atom stereocenters. The van der Waals surface area contributed by atoms with Crippen molar-refractivity contribution in [3.05, 3.63) is 35.9 Å². The summed E-state index contributed by atoms with van der Waals surface area (Å²) in [4.78, 5) is 17.8. The average molecular weight is 311 g/mol. The number of hydrogen-bond acceptors (Lipinski definition) is 5. The molecule has 2 fully saturated rings. The molecule has 0 spiro atoms. The van der Waals surface area contributed by atoms with E-state index in [2.05, 4.69) is 15.2 Å². The summed E-state index contributed by atoms with van der Waals surface area (Å²) in [5.74, 6) is 3.29. The Bertz CT molecular complexity index is 707. The molecule has 4 rings (SSSR count). The predicted octanol–water partition coefficient (Wildman–Crippen LogP) is 2.47. The lowest BCUT2D eigenvalue weighted by Crippen LogP contribution is -2.41. The van der Waals surface area contributed by atoms with E-state index in [9.17, 15) is 4.79 Å². The van der Waals surface area contributed by atoms with E-state index in [0.29, 0.717) is 12.0 Å². The monoisotopic (exact) mass is 311 g/mol. The van der Waals surface area contributed by atoms with Gasteiger partial charge in [-0.1, -0.05) is 12.1 Å². The number of nitrogens with one attached hydrogen (secondary N) is 1. The molecule has 1 atom stereocenters. The molecule has 0 radical (unpaired) electrons. The highest BCUT2D eigenvalue weighted by atomic mass is 16.3. The number of piperidine rings is 1. The maximum atomic E-state index is 10.7. The fraction of sp³-hybridized carbons (Fsp3) is 0.500. The van der Waals surface area contributed by atoms with Gasteiger partial charge < -0.3 is 14.6 Å². The topological polar surface area (TPSA) is 58.4 Å². The quantitative estimate of drug-likeness (QED) is 0.883. The Balaban J connectivity index is 1.34. The lowest BCUT2D eigenvalue weighted by atomic mass is 9.96. The van der Waals surface area contributed by atoms with Gasteiger partial charge in [-0.25, -0.2) is 9.78 Å². The van der Waals surface area contributed by atoms with E-state index < -0.39 is 0 Å². The Labute approximate surface area is 135 Å². The Morgan fingerprint density at radius 2 is 2.09 bits per heavy atom. The van der Waals surface area contributed by atoms with Crippen molar-refractivity contribution in [1.82, 2.24) is 15.2 Å². The van der Waals surface area contributed by atoms with E-state index in [0.717, 1.165) is 68.0 Å². The fourth-order valence-electron chi connectivity index (χ4n) is 3.67. The van der Waals surface area contributed by atoms with Crippen LogP contribution in [0, 0.1) is 0 Å². The van der Waals surface area contributed by atoms with Crippen LogP contribution < -0.4 is 5.32 Å². The van der Waals surface area contributed by atoms with Crippen LogP contribution in [-0.4, -0.2) is 41.5 Å². The first kappa shape index (κ1) is 14.5. The number of nitrogens with zero attached hydrogens (tertiary/aromatic N) is 2. The molecule has 2 saturated heterocycles. The first-order valence-electron chi connectivity index (χ1n) is 8.40. The minimum absolute atomic E-state index is 0.396. The lowest BCUT2D eigenvalue weighted by molar-refractivity contribution is 0.187. The number of fused-ring (bicyclic) bond motifs is 1. The second-order valence-electron chi connectivity index (χ2n) is 6.56. The molecule has 3 heterocycles. The minimum atomic E-state index is 0.396. The number of carbonyl (C=O) groups excluding carboxylic acids is 1. The van der Waals surface area contributed by atoms with Crippen molar-refractivity contribution < 1.29 is 9.21 Å². The third-order valence-electron chi connectivity index (χ3n) is 4.97. The maximum absolute atomic E-state index is 10.7. The van der Waals surface area contributed by atoms with Crippen molar-refractivity contribution in [2.24, 2.45) is 0 Å². The number of aromatic nitrogens is 1. The number of oxazole rings is 1. The van der Waals surface area contributed by atoms with Gasteiger partial charge in [0.25, 0.3) is 0 Å². The number of hydrogen-bond donors (Lipinski definition) is 1. The second-order valence-corrected chi connectivity index (χ2v) is 6.56. The number of para-hydroxylation sites is 2. The van der Waals surface area contributed by atoms with Gasteiger partial charge in [0.05, 0.1) is 5.70 Å². The smallest absolute Gasteiger partial charge is 0.198 e. The Hall–Kier alpha value is -2.10. The minimum Gasteiger partial charge on any atom is -0.440 e. The molecule has 5 heteroatoms. The highest BCUT2D eigenvalue weighted by Gasteiger charge is 2.27. The average Bonchev–Trinajstić information content (AvgIpc) is 3.21. The second kappa shape index (κ2) is 6.19. The summed E-state index contributed by atoms with van der Waals surface area (Å²) < 4.78 is 5.92. The van der Waals surface area contributed by atoms with Gasteiger partial charge in [-0.15, -0.1) is 0 Å². The Morgan fingerprint density at radius 1 is 1.26 bits per heavy atom. The summed E-state index contributed by atoms with van der Waals surface area (Å²) in [6.07, 6.45) is 4.04. The van der Waals surface area contributed by atoms with Crippen molar-refractivity contribution in [3.63, 3.8) is 0 Å². The lowest BCUT2D eigenvalue weighted by Gasteiger charge is -2.32. The summed E-state index contributed by atoms with van der Waals surface area (Å²) in [5.41, 5.74) is 2.57. The zero-order valence-electron chi connectivity index (χ0n) is 13.1. The third kappa shape index (κ3) is 3.03. The van der Waals surface area contributed by atoms with Gasteiger partial charge in [0.2, 0.25) is 0 Å². The largest absolute Gasteiger partial charge is 0.440 e. The molecule has 0 bridgehead atoms. The van der Waals surface area contributed by atoms with E-state index in [1.807, 2.05) is 30.2 Å². The fourth-order valence-corrected chi connectivity index (χ4v) is 3.67. The SMILES string of the molecule is O=C=C1CC[C@@H](CN2CCC(c3nc4ccccc4o3)CC2)N1. The molecule has 0 saturated carbocycles.